The number of urea groups is 1. The number of carbonyl (C=O) groups excluding carboxylic acids is 2. The minimum absolute atomic E-state index is 0.181. The van der Waals surface area contributed by atoms with E-state index in [1.54, 1.807) is 31.2 Å². The Labute approximate surface area is 157 Å². The van der Waals surface area contributed by atoms with E-state index >= 15 is 0 Å². The summed E-state index contributed by atoms with van der Waals surface area (Å²) < 4.78 is 5.72. The van der Waals surface area contributed by atoms with Gasteiger partial charge in [0.25, 0.3) is 5.91 Å². The monoisotopic (exact) mass is 372 g/mol. The van der Waals surface area contributed by atoms with Crippen molar-refractivity contribution >= 4 is 23.5 Å². The Morgan fingerprint density at radius 3 is 2.31 bits per heavy atom. The van der Waals surface area contributed by atoms with Crippen molar-refractivity contribution < 1.29 is 14.3 Å². The third-order valence-electron chi connectivity index (χ3n) is 4.48. The van der Waals surface area contributed by atoms with Crippen molar-refractivity contribution in [2.45, 2.75) is 26.3 Å². The highest BCUT2D eigenvalue weighted by Gasteiger charge is 2.48. The van der Waals surface area contributed by atoms with Crippen molar-refractivity contribution in [1.29, 1.82) is 0 Å². The van der Waals surface area contributed by atoms with Gasteiger partial charge in [-0.2, -0.15) is 0 Å². The summed E-state index contributed by atoms with van der Waals surface area (Å²) in [7, 11) is 0. The Kier molecular flexibility index (Phi) is 4.92. The molecule has 0 bridgehead atoms. The number of amides is 3. The summed E-state index contributed by atoms with van der Waals surface area (Å²) in [5, 5.41) is 3.35. The number of aryl methyl sites for hydroxylation is 2. The quantitative estimate of drug-likeness (QED) is 0.812. The number of nitrogens with zero attached hydrogens (tertiary/aromatic N) is 1. The summed E-state index contributed by atoms with van der Waals surface area (Å²) in [6, 6.07) is 12.4. The highest BCUT2D eigenvalue weighted by atomic mass is 35.5. The molecule has 0 radical (unpaired) electrons. The lowest BCUT2D eigenvalue weighted by atomic mass is 9.92. The molecule has 0 aliphatic carbocycles. The summed E-state index contributed by atoms with van der Waals surface area (Å²) >= 11 is 5.91. The van der Waals surface area contributed by atoms with Crippen molar-refractivity contribution in [1.82, 2.24) is 10.2 Å². The molecule has 0 aromatic heterocycles. The topological polar surface area (TPSA) is 58.6 Å². The maximum atomic E-state index is 12.8. The van der Waals surface area contributed by atoms with Gasteiger partial charge in [0.05, 0.1) is 6.54 Å². The lowest BCUT2D eigenvalue weighted by Crippen LogP contribution is -2.41. The van der Waals surface area contributed by atoms with Gasteiger partial charge in [-0.3, -0.25) is 9.69 Å². The van der Waals surface area contributed by atoms with Gasteiger partial charge in [0.1, 0.15) is 17.9 Å². The van der Waals surface area contributed by atoms with Crippen molar-refractivity contribution in [3.8, 4) is 5.75 Å². The van der Waals surface area contributed by atoms with E-state index in [-0.39, 0.29) is 19.1 Å². The van der Waals surface area contributed by atoms with Crippen LogP contribution in [0.15, 0.2) is 42.5 Å². The van der Waals surface area contributed by atoms with Gasteiger partial charge in [-0.1, -0.05) is 29.8 Å². The molecule has 1 heterocycles. The Hall–Kier alpha value is -2.53. The number of carbonyl (C=O) groups is 2. The third-order valence-corrected chi connectivity index (χ3v) is 4.73. The molecule has 2 aromatic rings. The molecule has 1 atom stereocenters. The van der Waals surface area contributed by atoms with Gasteiger partial charge in [0, 0.05) is 5.02 Å². The van der Waals surface area contributed by atoms with Crippen molar-refractivity contribution in [2.75, 3.05) is 13.2 Å². The second-order valence-electron chi connectivity index (χ2n) is 6.69. The number of hydrogen-bond acceptors (Lipinski definition) is 3. The van der Waals surface area contributed by atoms with Gasteiger partial charge in [0.2, 0.25) is 0 Å². The first-order chi connectivity index (χ1) is 12.3. The van der Waals surface area contributed by atoms with E-state index < -0.39 is 11.6 Å². The molecule has 2 aromatic carbocycles. The van der Waals surface area contributed by atoms with Crippen LogP contribution in [-0.2, 0) is 10.3 Å². The highest BCUT2D eigenvalue weighted by Crippen LogP contribution is 2.29. The van der Waals surface area contributed by atoms with Gasteiger partial charge < -0.3 is 10.1 Å². The largest absolute Gasteiger partial charge is 0.492 e. The Morgan fingerprint density at radius 2 is 1.69 bits per heavy atom. The van der Waals surface area contributed by atoms with Crippen LogP contribution in [0.2, 0.25) is 5.02 Å². The zero-order valence-corrected chi connectivity index (χ0v) is 15.8. The number of hydrogen-bond donors (Lipinski definition) is 1. The Balaban J connectivity index is 1.68. The molecule has 6 heteroatoms. The summed E-state index contributed by atoms with van der Waals surface area (Å²) in [5.41, 5.74) is 1.80. The van der Waals surface area contributed by atoms with Crippen LogP contribution in [0.5, 0.6) is 5.75 Å². The van der Waals surface area contributed by atoms with Crippen LogP contribution in [0.1, 0.15) is 23.6 Å². The highest BCUT2D eigenvalue weighted by molar-refractivity contribution is 6.30. The van der Waals surface area contributed by atoms with Crippen molar-refractivity contribution in [3.63, 3.8) is 0 Å². The first-order valence-corrected chi connectivity index (χ1v) is 8.78. The van der Waals surface area contributed by atoms with E-state index in [4.69, 9.17) is 16.3 Å². The molecule has 1 saturated heterocycles. The predicted octanol–water partition coefficient (Wildman–Crippen LogP) is 3.80. The van der Waals surface area contributed by atoms with Crippen molar-refractivity contribution in [3.05, 3.63) is 64.2 Å². The van der Waals surface area contributed by atoms with Gasteiger partial charge in [-0.15, -0.1) is 0 Å². The molecule has 1 aliphatic heterocycles. The molecular formula is C20H21ClN2O3. The zero-order valence-electron chi connectivity index (χ0n) is 15.0. The molecule has 1 aliphatic rings. The fraction of sp³-hybridized carbons (Fsp3) is 0.300. The molecule has 1 fully saturated rings. The smallest absolute Gasteiger partial charge is 0.325 e. The van der Waals surface area contributed by atoms with Gasteiger partial charge >= 0.3 is 6.03 Å². The molecule has 0 unspecified atom stereocenters. The second kappa shape index (κ2) is 7.00. The lowest BCUT2D eigenvalue weighted by molar-refractivity contribution is -0.131. The van der Waals surface area contributed by atoms with Crippen LogP contribution in [0.25, 0.3) is 0 Å². The first kappa shape index (κ1) is 18.3. The number of rotatable bonds is 5. The van der Waals surface area contributed by atoms with Gasteiger partial charge in [-0.05, 0) is 61.7 Å². The molecule has 26 heavy (non-hydrogen) atoms. The van der Waals surface area contributed by atoms with Crippen LogP contribution in [0.3, 0.4) is 0 Å². The number of benzene rings is 2. The first-order valence-electron chi connectivity index (χ1n) is 8.41. The fourth-order valence-electron chi connectivity index (χ4n) is 3.15. The van der Waals surface area contributed by atoms with E-state index in [2.05, 4.69) is 11.4 Å². The van der Waals surface area contributed by atoms with E-state index in [9.17, 15) is 9.59 Å². The summed E-state index contributed by atoms with van der Waals surface area (Å²) in [6.45, 7) is 6.10. The number of imide groups is 1. The summed E-state index contributed by atoms with van der Waals surface area (Å²) in [6.07, 6.45) is 0. The van der Waals surface area contributed by atoms with Gasteiger partial charge in [-0.25, -0.2) is 4.79 Å². The van der Waals surface area contributed by atoms with E-state index in [0.717, 1.165) is 16.9 Å². The molecule has 0 saturated carbocycles. The molecule has 5 nitrogen and oxygen atoms in total. The molecule has 0 spiro atoms. The van der Waals surface area contributed by atoms with E-state index in [1.807, 2.05) is 26.0 Å². The average Bonchev–Trinajstić information content (AvgIpc) is 2.78. The molecule has 136 valence electrons. The number of ether oxygens (including phenoxy) is 1. The second-order valence-corrected chi connectivity index (χ2v) is 7.13. The van der Waals surface area contributed by atoms with E-state index in [1.165, 1.54) is 4.90 Å². The SMILES string of the molecule is Cc1cc(C)cc(OCCN2C(=O)N[C@@](C)(c3ccc(Cl)cc3)C2=O)c1. The Bertz CT molecular complexity index is 830. The predicted molar refractivity (Wildman–Crippen MR) is 100 cm³/mol. The minimum Gasteiger partial charge on any atom is -0.492 e. The standard InChI is InChI=1S/C20H21ClN2O3/c1-13-10-14(2)12-17(11-13)26-9-8-23-18(24)20(3,22-19(23)25)15-4-6-16(21)7-5-15/h4-7,10-12H,8-9H2,1-3H3,(H,22,25)/t20-/m0/s1. The molecule has 3 rings (SSSR count). The molecule has 1 N–H and O–H groups in total. The maximum Gasteiger partial charge on any atom is 0.325 e. The van der Waals surface area contributed by atoms with Crippen LogP contribution < -0.4 is 10.1 Å². The van der Waals surface area contributed by atoms with Crippen LogP contribution in [0, 0.1) is 13.8 Å². The van der Waals surface area contributed by atoms with Gasteiger partial charge in [0.15, 0.2) is 0 Å². The average molecular weight is 373 g/mol. The van der Waals surface area contributed by atoms with Crippen LogP contribution >= 0.6 is 11.6 Å². The molecular weight excluding hydrogens is 352 g/mol. The van der Waals surface area contributed by atoms with Crippen molar-refractivity contribution in [2.24, 2.45) is 0 Å². The lowest BCUT2D eigenvalue weighted by Gasteiger charge is -2.22. The number of halogens is 1. The summed E-state index contributed by atoms with van der Waals surface area (Å²) in [4.78, 5) is 26.3. The van der Waals surface area contributed by atoms with Crippen LogP contribution in [-0.4, -0.2) is 30.0 Å². The van der Waals surface area contributed by atoms with E-state index in [0.29, 0.717) is 10.6 Å². The zero-order chi connectivity index (χ0) is 18.9. The normalized spacial score (nSPS) is 19.6. The summed E-state index contributed by atoms with van der Waals surface area (Å²) in [5.74, 6) is 0.434. The third kappa shape index (κ3) is 3.53. The Morgan fingerprint density at radius 1 is 1.08 bits per heavy atom. The fourth-order valence-corrected chi connectivity index (χ4v) is 3.28. The minimum atomic E-state index is -1.10. The number of nitrogens with one attached hydrogen (secondary N) is 1. The maximum absolute atomic E-state index is 12.8. The molecule has 3 amide bonds. The van der Waals surface area contributed by atoms with Crippen LogP contribution in [0.4, 0.5) is 4.79 Å².